The number of fused-ring (bicyclic) bond motifs is 1. The highest BCUT2D eigenvalue weighted by atomic mass is 16.2. The van der Waals surface area contributed by atoms with Crippen molar-refractivity contribution >= 4 is 16.8 Å². The quantitative estimate of drug-likeness (QED) is 0.854. The fourth-order valence-electron chi connectivity index (χ4n) is 2.72. The number of H-pyrrole nitrogens is 1. The van der Waals surface area contributed by atoms with E-state index in [4.69, 9.17) is 5.73 Å². The number of hydrogen-bond donors (Lipinski definition) is 2. The molecule has 1 aromatic heterocycles. The van der Waals surface area contributed by atoms with Gasteiger partial charge in [-0.3, -0.25) is 9.89 Å². The van der Waals surface area contributed by atoms with Gasteiger partial charge in [-0.15, -0.1) is 0 Å². The second kappa shape index (κ2) is 5.01. The molecule has 0 radical (unpaired) electrons. The van der Waals surface area contributed by atoms with Crippen LogP contribution in [-0.4, -0.2) is 40.6 Å². The van der Waals surface area contributed by atoms with Gasteiger partial charge >= 0.3 is 0 Å². The second-order valence-electron chi connectivity index (χ2n) is 5.11. The number of rotatable bonds is 2. The molecule has 1 amide bonds. The first-order valence-electron chi connectivity index (χ1n) is 6.72. The van der Waals surface area contributed by atoms with Crippen molar-refractivity contribution in [1.29, 1.82) is 0 Å². The summed E-state index contributed by atoms with van der Waals surface area (Å²) in [5.74, 6) is 0.429. The minimum atomic E-state index is 0.00981. The van der Waals surface area contributed by atoms with E-state index < -0.39 is 0 Å². The van der Waals surface area contributed by atoms with E-state index in [-0.39, 0.29) is 5.91 Å². The van der Waals surface area contributed by atoms with Crippen molar-refractivity contribution in [3.8, 4) is 0 Å². The summed E-state index contributed by atoms with van der Waals surface area (Å²) in [6.07, 6.45) is 2.14. The van der Waals surface area contributed by atoms with Gasteiger partial charge in [0, 0.05) is 18.5 Å². The van der Waals surface area contributed by atoms with Gasteiger partial charge in [-0.05, 0) is 31.4 Å². The lowest BCUT2D eigenvalue weighted by Crippen LogP contribution is -2.42. The van der Waals surface area contributed by atoms with E-state index in [1.165, 1.54) is 0 Å². The van der Waals surface area contributed by atoms with Crippen LogP contribution in [-0.2, 0) is 0 Å². The van der Waals surface area contributed by atoms with Gasteiger partial charge in [0.1, 0.15) is 0 Å². The van der Waals surface area contributed by atoms with Crippen LogP contribution >= 0.6 is 0 Å². The Morgan fingerprint density at radius 2 is 2.32 bits per heavy atom. The van der Waals surface area contributed by atoms with Crippen molar-refractivity contribution in [2.45, 2.75) is 12.8 Å². The zero-order valence-electron chi connectivity index (χ0n) is 10.8. The number of nitrogens with one attached hydrogen (secondary N) is 1. The summed E-state index contributed by atoms with van der Waals surface area (Å²) in [5, 5.41) is 7.98. The van der Waals surface area contributed by atoms with Gasteiger partial charge in [-0.1, -0.05) is 18.2 Å². The van der Waals surface area contributed by atoms with Gasteiger partial charge in [-0.25, -0.2) is 0 Å². The molecule has 3 N–H and O–H groups in total. The molecule has 0 saturated carbocycles. The lowest BCUT2D eigenvalue weighted by atomic mass is 9.98. The van der Waals surface area contributed by atoms with Gasteiger partial charge in [-0.2, -0.15) is 5.10 Å². The van der Waals surface area contributed by atoms with Crippen molar-refractivity contribution < 1.29 is 4.79 Å². The summed E-state index contributed by atoms with van der Waals surface area (Å²) < 4.78 is 0. The molecule has 5 nitrogen and oxygen atoms in total. The second-order valence-corrected chi connectivity index (χ2v) is 5.11. The van der Waals surface area contributed by atoms with Gasteiger partial charge in [0.15, 0.2) is 5.69 Å². The highest BCUT2D eigenvalue weighted by molar-refractivity contribution is 6.04. The number of piperidine rings is 1. The molecule has 1 fully saturated rings. The third-order valence-corrected chi connectivity index (χ3v) is 3.81. The van der Waals surface area contributed by atoms with Crippen molar-refractivity contribution in [1.82, 2.24) is 15.1 Å². The molecule has 2 heterocycles. The van der Waals surface area contributed by atoms with Crippen molar-refractivity contribution in [3.63, 3.8) is 0 Å². The van der Waals surface area contributed by atoms with Crippen LogP contribution < -0.4 is 5.73 Å². The number of benzene rings is 1. The molecule has 1 aromatic carbocycles. The van der Waals surface area contributed by atoms with Crippen LogP contribution in [0.4, 0.5) is 0 Å². The summed E-state index contributed by atoms with van der Waals surface area (Å²) in [4.78, 5) is 14.4. The maximum Gasteiger partial charge on any atom is 0.275 e. The Hall–Kier alpha value is -1.88. The Labute approximate surface area is 111 Å². The maximum absolute atomic E-state index is 12.5. The highest BCUT2D eigenvalue weighted by Gasteiger charge is 2.26. The molecule has 100 valence electrons. The van der Waals surface area contributed by atoms with Crippen molar-refractivity contribution in [3.05, 3.63) is 30.0 Å². The van der Waals surface area contributed by atoms with Crippen LogP contribution in [0.3, 0.4) is 0 Å². The Morgan fingerprint density at radius 3 is 3.16 bits per heavy atom. The summed E-state index contributed by atoms with van der Waals surface area (Å²) >= 11 is 0. The van der Waals surface area contributed by atoms with Crippen LogP contribution in [0.1, 0.15) is 23.3 Å². The van der Waals surface area contributed by atoms with Crippen LogP contribution in [0, 0.1) is 5.92 Å². The molecule has 1 saturated heterocycles. The topological polar surface area (TPSA) is 75.0 Å². The Kier molecular flexibility index (Phi) is 3.21. The Bertz CT molecular complexity index is 592. The van der Waals surface area contributed by atoms with Crippen LogP contribution in [0.15, 0.2) is 24.3 Å². The van der Waals surface area contributed by atoms with Crippen LogP contribution in [0.2, 0.25) is 0 Å². The van der Waals surface area contributed by atoms with E-state index >= 15 is 0 Å². The monoisotopic (exact) mass is 258 g/mol. The number of nitrogens with two attached hydrogens (primary N) is 1. The van der Waals surface area contributed by atoms with Gasteiger partial charge in [0.25, 0.3) is 5.91 Å². The first-order valence-corrected chi connectivity index (χ1v) is 6.72. The first-order chi connectivity index (χ1) is 9.29. The van der Waals surface area contributed by atoms with E-state index in [1.54, 1.807) is 0 Å². The lowest BCUT2D eigenvalue weighted by Gasteiger charge is -2.31. The van der Waals surface area contributed by atoms with E-state index in [9.17, 15) is 4.79 Å². The zero-order chi connectivity index (χ0) is 13.2. The largest absolute Gasteiger partial charge is 0.337 e. The summed E-state index contributed by atoms with van der Waals surface area (Å²) in [5.41, 5.74) is 7.14. The molecule has 3 rings (SSSR count). The standard InChI is InChI=1S/C14H18N4O/c15-8-10-4-3-7-18(9-10)14(19)13-11-5-1-2-6-12(11)16-17-13/h1-2,5-6,10H,3-4,7-9,15H2,(H,16,17). The average Bonchev–Trinajstić information content (AvgIpc) is 2.90. The fourth-order valence-corrected chi connectivity index (χ4v) is 2.72. The average molecular weight is 258 g/mol. The fraction of sp³-hybridized carbons (Fsp3) is 0.429. The van der Waals surface area contributed by atoms with Crippen LogP contribution in [0.25, 0.3) is 10.9 Å². The molecule has 19 heavy (non-hydrogen) atoms. The zero-order valence-corrected chi connectivity index (χ0v) is 10.8. The minimum absolute atomic E-state index is 0.00981. The van der Waals surface area contributed by atoms with E-state index in [0.29, 0.717) is 18.2 Å². The Morgan fingerprint density at radius 1 is 1.47 bits per heavy atom. The number of amides is 1. The summed E-state index contributed by atoms with van der Waals surface area (Å²) in [6, 6.07) is 7.71. The highest BCUT2D eigenvalue weighted by Crippen LogP contribution is 2.21. The predicted octanol–water partition coefficient (Wildman–Crippen LogP) is 1.37. The molecule has 0 bridgehead atoms. The third-order valence-electron chi connectivity index (χ3n) is 3.81. The minimum Gasteiger partial charge on any atom is -0.337 e. The Balaban J connectivity index is 1.87. The molecule has 0 spiro atoms. The lowest BCUT2D eigenvalue weighted by molar-refractivity contribution is 0.0674. The number of nitrogens with zero attached hydrogens (tertiary/aromatic N) is 2. The van der Waals surface area contributed by atoms with Crippen molar-refractivity contribution in [2.24, 2.45) is 11.7 Å². The molecule has 1 aliphatic heterocycles. The number of carbonyl (C=O) groups is 1. The number of aromatic nitrogens is 2. The maximum atomic E-state index is 12.5. The normalized spacial score (nSPS) is 19.8. The molecular formula is C14H18N4O. The number of carbonyl (C=O) groups excluding carboxylic acids is 1. The first kappa shape index (κ1) is 12.2. The number of para-hydroxylation sites is 1. The van der Waals surface area contributed by atoms with E-state index in [0.717, 1.165) is 36.8 Å². The molecule has 5 heteroatoms. The smallest absolute Gasteiger partial charge is 0.275 e. The van der Waals surface area contributed by atoms with Crippen LogP contribution in [0.5, 0.6) is 0 Å². The number of likely N-dealkylation sites (tertiary alicyclic amines) is 1. The van der Waals surface area contributed by atoms with E-state index in [1.807, 2.05) is 29.2 Å². The van der Waals surface area contributed by atoms with Crippen molar-refractivity contribution in [2.75, 3.05) is 19.6 Å². The molecule has 0 aliphatic carbocycles. The molecular weight excluding hydrogens is 240 g/mol. The summed E-state index contributed by atoms with van der Waals surface area (Å²) in [7, 11) is 0. The van der Waals surface area contributed by atoms with Gasteiger partial charge in [0.05, 0.1) is 5.52 Å². The summed E-state index contributed by atoms with van der Waals surface area (Å²) in [6.45, 7) is 2.19. The third kappa shape index (κ3) is 2.21. The number of hydrogen-bond acceptors (Lipinski definition) is 3. The van der Waals surface area contributed by atoms with Gasteiger partial charge < -0.3 is 10.6 Å². The molecule has 1 unspecified atom stereocenters. The predicted molar refractivity (Wildman–Crippen MR) is 73.8 cm³/mol. The van der Waals surface area contributed by atoms with Gasteiger partial charge in [0.2, 0.25) is 0 Å². The van der Waals surface area contributed by atoms with E-state index in [2.05, 4.69) is 10.2 Å². The molecule has 1 aliphatic rings. The molecule has 1 atom stereocenters. The SMILES string of the molecule is NCC1CCCN(C(=O)c2n[nH]c3ccccc23)C1. The number of aromatic amines is 1. The molecule has 2 aromatic rings.